The number of halogens is 1. The van der Waals surface area contributed by atoms with E-state index in [1.165, 1.54) is 5.56 Å². The van der Waals surface area contributed by atoms with Gasteiger partial charge in [0.25, 0.3) is 0 Å². The number of anilines is 2. The highest BCUT2D eigenvalue weighted by molar-refractivity contribution is 9.10. The quantitative estimate of drug-likeness (QED) is 0.761. The summed E-state index contributed by atoms with van der Waals surface area (Å²) in [6, 6.07) is 13.8. The second kappa shape index (κ2) is 7.43. The van der Waals surface area contributed by atoms with Crippen LogP contribution in [0.1, 0.15) is 12.5 Å². The molecule has 0 bridgehead atoms. The molecule has 0 atom stereocenters. The predicted octanol–water partition coefficient (Wildman–Crippen LogP) is 4.83. The summed E-state index contributed by atoms with van der Waals surface area (Å²) in [6.07, 6.45) is 0.930. The van der Waals surface area contributed by atoms with E-state index >= 15 is 0 Å². The topological polar surface area (TPSA) is 33.3 Å². The van der Waals surface area contributed by atoms with Gasteiger partial charge in [0.15, 0.2) is 5.11 Å². The lowest BCUT2D eigenvalue weighted by Gasteiger charge is -2.15. The van der Waals surface area contributed by atoms with Gasteiger partial charge in [-0.2, -0.15) is 0 Å². The Morgan fingerprint density at radius 2 is 1.86 bits per heavy atom. The Hall–Kier alpha value is -1.59. The molecular weight excluding hydrogens is 348 g/mol. The van der Waals surface area contributed by atoms with Crippen LogP contribution in [0.25, 0.3) is 0 Å². The number of benzene rings is 2. The van der Waals surface area contributed by atoms with Crippen molar-refractivity contribution in [1.29, 1.82) is 0 Å². The number of methoxy groups -OCH3 is 1. The smallest absolute Gasteiger partial charge is 0.175 e. The lowest BCUT2D eigenvalue weighted by molar-refractivity contribution is 0.417. The number of nitrogens with one attached hydrogen (secondary N) is 2. The average molecular weight is 365 g/mol. The molecule has 0 fully saturated rings. The number of para-hydroxylation sites is 2. The van der Waals surface area contributed by atoms with Gasteiger partial charge in [-0.15, -0.1) is 0 Å². The van der Waals surface area contributed by atoms with E-state index < -0.39 is 0 Å². The molecule has 110 valence electrons. The van der Waals surface area contributed by atoms with E-state index in [2.05, 4.69) is 39.6 Å². The number of hydrogen-bond donors (Lipinski definition) is 2. The van der Waals surface area contributed by atoms with Gasteiger partial charge in [-0.25, -0.2) is 0 Å². The highest BCUT2D eigenvalue weighted by atomic mass is 79.9. The zero-order valence-corrected chi connectivity index (χ0v) is 14.3. The fourth-order valence-electron chi connectivity index (χ4n) is 2.00. The molecule has 0 aliphatic rings. The fraction of sp³-hybridized carbons (Fsp3) is 0.188. The van der Waals surface area contributed by atoms with Gasteiger partial charge in [-0.3, -0.25) is 0 Å². The van der Waals surface area contributed by atoms with Gasteiger partial charge in [-0.05, 0) is 54.5 Å². The molecule has 2 N–H and O–H groups in total. The van der Waals surface area contributed by atoms with Crippen molar-refractivity contribution in [2.45, 2.75) is 13.3 Å². The molecule has 2 aromatic rings. The molecule has 0 heterocycles. The van der Waals surface area contributed by atoms with Gasteiger partial charge >= 0.3 is 0 Å². The van der Waals surface area contributed by atoms with Crippen LogP contribution in [0, 0.1) is 0 Å². The number of aryl methyl sites for hydroxylation is 1. The van der Waals surface area contributed by atoms with Crippen LogP contribution < -0.4 is 15.4 Å². The Bertz CT molecular complexity index is 646. The first-order chi connectivity index (χ1) is 10.1. The van der Waals surface area contributed by atoms with Crippen LogP contribution in [0.4, 0.5) is 11.4 Å². The van der Waals surface area contributed by atoms with Crippen LogP contribution in [0.3, 0.4) is 0 Å². The molecule has 2 aromatic carbocycles. The Morgan fingerprint density at radius 1 is 1.14 bits per heavy atom. The minimum absolute atomic E-state index is 0.538. The highest BCUT2D eigenvalue weighted by Crippen LogP contribution is 2.25. The lowest BCUT2D eigenvalue weighted by Crippen LogP contribution is -2.20. The molecule has 2 rings (SSSR count). The van der Waals surface area contributed by atoms with E-state index in [9.17, 15) is 0 Å². The van der Waals surface area contributed by atoms with Gasteiger partial charge in [0.05, 0.1) is 12.8 Å². The Balaban J connectivity index is 2.12. The van der Waals surface area contributed by atoms with Crippen LogP contribution in [-0.4, -0.2) is 12.2 Å². The predicted molar refractivity (Wildman–Crippen MR) is 96.4 cm³/mol. The van der Waals surface area contributed by atoms with Gasteiger partial charge in [-0.1, -0.05) is 35.0 Å². The number of rotatable bonds is 4. The van der Waals surface area contributed by atoms with Crippen LogP contribution >= 0.6 is 28.1 Å². The van der Waals surface area contributed by atoms with Crippen LogP contribution in [0.2, 0.25) is 0 Å². The van der Waals surface area contributed by atoms with Crippen molar-refractivity contribution < 1.29 is 4.74 Å². The third kappa shape index (κ3) is 4.19. The molecule has 0 aliphatic carbocycles. The Kier molecular flexibility index (Phi) is 5.59. The SMILES string of the molecule is CCc1cc(Br)ccc1NC(=S)Nc1ccccc1OC. The van der Waals surface area contributed by atoms with E-state index in [0.29, 0.717) is 5.11 Å². The maximum Gasteiger partial charge on any atom is 0.175 e. The third-order valence-electron chi connectivity index (χ3n) is 3.05. The van der Waals surface area contributed by atoms with E-state index in [1.807, 2.05) is 36.4 Å². The van der Waals surface area contributed by atoms with Crippen LogP contribution in [-0.2, 0) is 6.42 Å². The highest BCUT2D eigenvalue weighted by Gasteiger charge is 2.06. The van der Waals surface area contributed by atoms with Crippen LogP contribution in [0.15, 0.2) is 46.9 Å². The molecule has 21 heavy (non-hydrogen) atoms. The van der Waals surface area contributed by atoms with Crippen molar-refractivity contribution in [1.82, 2.24) is 0 Å². The second-order valence-corrected chi connectivity index (χ2v) is 5.76. The fourth-order valence-corrected chi connectivity index (χ4v) is 2.63. The summed E-state index contributed by atoms with van der Waals surface area (Å²) in [5.74, 6) is 0.758. The zero-order valence-electron chi connectivity index (χ0n) is 11.9. The Morgan fingerprint density at radius 3 is 2.57 bits per heavy atom. The molecule has 3 nitrogen and oxygen atoms in total. The molecule has 0 spiro atoms. The number of ether oxygens (including phenoxy) is 1. The summed E-state index contributed by atoms with van der Waals surface area (Å²) in [6.45, 7) is 2.11. The van der Waals surface area contributed by atoms with Crippen molar-refractivity contribution >= 4 is 44.6 Å². The van der Waals surface area contributed by atoms with Crippen molar-refractivity contribution in [2.75, 3.05) is 17.7 Å². The summed E-state index contributed by atoms with van der Waals surface area (Å²) in [7, 11) is 1.64. The number of thiocarbonyl (C=S) groups is 1. The average Bonchev–Trinajstić information content (AvgIpc) is 2.49. The molecule has 0 saturated carbocycles. The van der Waals surface area contributed by atoms with Crippen molar-refractivity contribution in [3.8, 4) is 5.75 Å². The number of hydrogen-bond acceptors (Lipinski definition) is 2. The second-order valence-electron chi connectivity index (χ2n) is 4.43. The standard InChI is InChI=1S/C16H17BrN2OS/c1-3-11-10-12(17)8-9-13(11)18-16(21)19-14-6-4-5-7-15(14)20-2/h4-10H,3H2,1-2H3,(H2,18,19,21). The molecule has 0 amide bonds. The molecule has 0 unspecified atom stereocenters. The largest absolute Gasteiger partial charge is 0.495 e. The molecule has 0 saturated heterocycles. The molecule has 5 heteroatoms. The molecule has 0 radical (unpaired) electrons. The first-order valence-corrected chi connectivity index (χ1v) is 7.83. The van der Waals surface area contributed by atoms with Crippen molar-refractivity contribution in [3.05, 3.63) is 52.5 Å². The maximum absolute atomic E-state index is 5.38. The monoisotopic (exact) mass is 364 g/mol. The van der Waals surface area contributed by atoms with E-state index in [4.69, 9.17) is 17.0 Å². The summed E-state index contributed by atoms with van der Waals surface area (Å²) in [5, 5.41) is 6.93. The van der Waals surface area contributed by atoms with Gasteiger partial charge in [0.2, 0.25) is 0 Å². The Labute approximate surface area is 138 Å². The first kappa shape index (κ1) is 15.8. The van der Waals surface area contributed by atoms with Crippen LogP contribution in [0.5, 0.6) is 5.75 Å². The van der Waals surface area contributed by atoms with Gasteiger partial charge in [0, 0.05) is 10.2 Å². The summed E-state index contributed by atoms with van der Waals surface area (Å²) in [5.41, 5.74) is 3.05. The zero-order chi connectivity index (χ0) is 15.2. The van der Waals surface area contributed by atoms with Crippen molar-refractivity contribution in [3.63, 3.8) is 0 Å². The maximum atomic E-state index is 5.38. The van der Waals surface area contributed by atoms with E-state index in [1.54, 1.807) is 7.11 Å². The van der Waals surface area contributed by atoms with Gasteiger partial charge in [0.1, 0.15) is 5.75 Å². The summed E-state index contributed by atoms with van der Waals surface area (Å²) in [4.78, 5) is 0. The molecule has 0 aromatic heterocycles. The summed E-state index contributed by atoms with van der Waals surface area (Å²) >= 11 is 8.86. The normalized spacial score (nSPS) is 10.0. The van der Waals surface area contributed by atoms with Crippen molar-refractivity contribution in [2.24, 2.45) is 0 Å². The van der Waals surface area contributed by atoms with E-state index in [-0.39, 0.29) is 0 Å². The van der Waals surface area contributed by atoms with Gasteiger partial charge < -0.3 is 15.4 Å². The minimum atomic E-state index is 0.538. The molecular formula is C16H17BrN2OS. The summed E-state index contributed by atoms with van der Waals surface area (Å²) < 4.78 is 6.36. The minimum Gasteiger partial charge on any atom is -0.495 e. The molecule has 0 aliphatic heterocycles. The van der Waals surface area contributed by atoms with E-state index in [0.717, 1.165) is 28.0 Å². The first-order valence-electron chi connectivity index (χ1n) is 6.63. The lowest BCUT2D eigenvalue weighted by atomic mass is 10.1. The third-order valence-corrected chi connectivity index (χ3v) is 3.75.